The molecule has 0 aliphatic carbocycles. The molecular formula is C20H20N2O6. The molecule has 0 fully saturated rings. The van der Waals surface area contributed by atoms with Crippen molar-refractivity contribution in [2.75, 3.05) is 12.1 Å². The number of nitrogens with one attached hydrogen (secondary N) is 2. The van der Waals surface area contributed by atoms with Gasteiger partial charge in [0.05, 0.1) is 11.7 Å². The van der Waals surface area contributed by atoms with E-state index >= 15 is 0 Å². The zero-order chi connectivity index (χ0) is 20.1. The molecule has 28 heavy (non-hydrogen) atoms. The number of carbonyl (C=O) groups is 3. The molecular weight excluding hydrogens is 364 g/mol. The summed E-state index contributed by atoms with van der Waals surface area (Å²) in [5.41, 5.74) is 1.32. The van der Waals surface area contributed by atoms with Crippen molar-refractivity contribution in [3.63, 3.8) is 0 Å². The van der Waals surface area contributed by atoms with E-state index in [1.54, 1.807) is 0 Å². The summed E-state index contributed by atoms with van der Waals surface area (Å²) in [7, 11) is 0. The van der Waals surface area contributed by atoms with Gasteiger partial charge in [-0.1, -0.05) is 30.3 Å². The van der Waals surface area contributed by atoms with E-state index < -0.39 is 17.9 Å². The van der Waals surface area contributed by atoms with Crippen LogP contribution in [0.2, 0.25) is 0 Å². The highest BCUT2D eigenvalue weighted by atomic mass is 16.7. The molecule has 0 saturated carbocycles. The normalized spacial score (nSPS) is 12.8. The summed E-state index contributed by atoms with van der Waals surface area (Å²) in [4.78, 5) is 36.3. The SMILES string of the molecule is CC(=O)Nc1cc2c(cc1C(=O)[C@H](C)NC(=O)OCc1ccccc1)OCO2. The standard InChI is InChI=1S/C20H20N2O6/c1-12(21-20(25)26-10-14-6-4-3-5-7-14)19(24)15-8-17-18(28-11-27-17)9-16(15)22-13(2)23/h3-9,12H,10-11H2,1-2H3,(H,21,25)(H,22,23)/t12-/m0/s1. The second kappa shape index (κ2) is 8.43. The Bertz CT molecular complexity index is 897. The molecule has 0 unspecified atom stereocenters. The van der Waals surface area contributed by atoms with E-state index in [2.05, 4.69) is 10.6 Å². The summed E-state index contributed by atoms with van der Waals surface area (Å²) in [5, 5.41) is 5.10. The van der Waals surface area contributed by atoms with Crippen LogP contribution in [0.1, 0.15) is 29.8 Å². The quantitative estimate of drug-likeness (QED) is 0.743. The number of ketones is 1. The third-order valence-corrected chi connectivity index (χ3v) is 4.03. The number of Topliss-reactive ketones (excluding diaryl/α,β-unsaturated/α-hetero) is 1. The highest BCUT2D eigenvalue weighted by Crippen LogP contribution is 2.37. The molecule has 1 aliphatic heterocycles. The van der Waals surface area contributed by atoms with Gasteiger partial charge in [-0.3, -0.25) is 9.59 Å². The van der Waals surface area contributed by atoms with Crippen molar-refractivity contribution in [3.05, 3.63) is 53.6 Å². The monoisotopic (exact) mass is 384 g/mol. The molecule has 1 atom stereocenters. The highest BCUT2D eigenvalue weighted by molar-refractivity contribution is 6.08. The van der Waals surface area contributed by atoms with Gasteiger partial charge in [-0.15, -0.1) is 0 Å². The van der Waals surface area contributed by atoms with Crippen molar-refractivity contribution < 1.29 is 28.6 Å². The maximum absolute atomic E-state index is 12.8. The van der Waals surface area contributed by atoms with Crippen LogP contribution in [-0.4, -0.2) is 30.6 Å². The van der Waals surface area contributed by atoms with Gasteiger partial charge >= 0.3 is 6.09 Å². The van der Waals surface area contributed by atoms with E-state index in [1.807, 2.05) is 30.3 Å². The van der Waals surface area contributed by atoms with Crippen molar-refractivity contribution in [1.82, 2.24) is 5.32 Å². The average Bonchev–Trinajstić information content (AvgIpc) is 3.13. The molecule has 0 bridgehead atoms. The van der Waals surface area contributed by atoms with E-state index in [4.69, 9.17) is 14.2 Å². The number of benzene rings is 2. The minimum absolute atomic E-state index is 0.0338. The van der Waals surface area contributed by atoms with Gasteiger partial charge in [0.25, 0.3) is 0 Å². The molecule has 146 valence electrons. The minimum Gasteiger partial charge on any atom is -0.454 e. The number of alkyl carbamates (subject to hydrolysis) is 1. The maximum atomic E-state index is 12.8. The molecule has 8 nitrogen and oxygen atoms in total. The predicted molar refractivity (Wildman–Crippen MR) is 100 cm³/mol. The van der Waals surface area contributed by atoms with Crippen LogP contribution in [0.25, 0.3) is 0 Å². The van der Waals surface area contributed by atoms with Crippen LogP contribution in [0.4, 0.5) is 10.5 Å². The molecule has 1 aliphatic rings. The van der Waals surface area contributed by atoms with Crippen LogP contribution in [0.5, 0.6) is 11.5 Å². The Balaban J connectivity index is 1.68. The molecule has 0 saturated heterocycles. The zero-order valence-corrected chi connectivity index (χ0v) is 15.5. The summed E-state index contributed by atoms with van der Waals surface area (Å²) >= 11 is 0. The number of fused-ring (bicyclic) bond motifs is 1. The molecule has 3 rings (SSSR count). The third-order valence-electron chi connectivity index (χ3n) is 4.03. The van der Waals surface area contributed by atoms with Crippen molar-refractivity contribution >= 4 is 23.5 Å². The lowest BCUT2D eigenvalue weighted by atomic mass is 10.0. The van der Waals surface area contributed by atoms with E-state index in [-0.39, 0.29) is 30.6 Å². The Hall–Kier alpha value is -3.55. The maximum Gasteiger partial charge on any atom is 0.408 e. The van der Waals surface area contributed by atoms with Crippen LogP contribution in [0, 0.1) is 0 Å². The van der Waals surface area contributed by atoms with Crippen LogP contribution >= 0.6 is 0 Å². The Morgan fingerprint density at radius 2 is 1.79 bits per heavy atom. The van der Waals surface area contributed by atoms with Gasteiger partial charge < -0.3 is 24.8 Å². The first-order valence-electron chi connectivity index (χ1n) is 8.66. The molecule has 0 aromatic heterocycles. The fraction of sp³-hybridized carbons (Fsp3) is 0.250. The van der Waals surface area contributed by atoms with Gasteiger partial charge in [-0.05, 0) is 18.6 Å². The number of anilines is 1. The van der Waals surface area contributed by atoms with Gasteiger partial charge in [0, 0.05) is 18.6 Å². The molecule has 2 N–H and O–H groups in total. The highest BCUT2D eigenvalue weighted by Gasteiger charge is 2.25. The lowest BCUT2D eigenvalue weighted by Crippen LogP contribution is -2.39. The summed E-state index contributed by atoms with van der Waals surface area (Å²) in [6, 6.07) is 11.3. The lowest BCUT2D eigenvalue weighted by molar-refractivity contribution is -0.114. The summed E-state index contributed by atoms with van der Waals surface area (Å²) in [6.07, 6.45) is -0.716. The van der Waals surface area contributed by atoms with Crippen molar-refractivity contribution in [2.24, 2.45) is 0 Å². The van der Waals surface area contributed by atoms with Crippen molar-refractivity contribution in [3.8, 4) is 11.5 Å². The topological polar surface area (TPSA) is 103 Å². The number of hydrogen-bond donors (Lipinski definition) is 2. The van der Waals surface area contributed by atoms with Crippen molar-refractivity contribution in [1.29, 1.82) is 0 Å². The number of amides is 2. The van der Waals surface area contributed by atoms with Gasteiger partial charge in [0.2, 0.25) is 12.7 Å². The first-order chi connectivity index (χ1) is 13.4. The summed E-state index contributed by atoms with van der Waals surface area (Å²) < 4.78 is 15.7. The molecule has 2 aromatic carbocycles. The molecule has 1 heterocycles. The Kier molecular flexibility index (Phi) is 5.78. The second-order valence-corrected chi connectivity index (χ2v) is 6.22. The molecule has 2 aromatic rings. The Morgan fingerprint density at radius 1 is 1.11 bits per heavy atom. The van der Waals surface area contributed by atoms with Gasteiger partial charge in [0.15, 0.2) is 17.3 Å². The van der Waals surface area contributed by atoms with E-state index in [9.17, 15) is 14.4 Å². The van der Waals surface area contributed by atoms with Crippen LogP contribution < -0.4 is 20.1 Å². The first-order valence-corrected chi connectivity index (χ1v) is 8.66. The number of hydrogen-bond acceptors (Lipinski definition) is 6. The van der Waals surface area contributed by atoms with E-state index in [0.29, 0.717) is 11.5 Å². The van der Waals surface area contributed by atoms with Crippen LogP contribution in [-0.2, 0) is 16.1 Å². The third kappa shape index (κ3) is 4.59. The molecule has 0 radical (unpaired) electrons. The van der Waals surface area contributed by atoms with Crippen LogP contribution in [0.15, 0.2) is 42.5 Å². The van der Waals surface area contributed by atoms with E-state index in [0.717, 1.165) is 5.56 Å². The summed E-state index contributed by atoms with van der Waals surface area (Å²) in [6.45, 7) is 3.00. The largest absolute Gasteiger partial charge is 0.454 e. The number of rotatable bonds is 6. The lowest BCUT2D eigenvalue weighted by Gasteiger charge is -2.16. The Morgan fingerprint density at radius 3 is 2.46 bits per heavy atom. The fourth-order valence-corrected chi connectivity index (χ4v) is 2.68. The minimum atomic E-state index is -0.879. The smallest absolute Gasteiger partial charge is 0.408 e. The van der Waals surface area contributed by atoms with E-state index in [1.165, 1.54) is 26.0 Å². The molecule has 8 heteroatoms. The van der Waals surface area contributed by atoms with Crippen LogP contribution in [0.3, 0.4) is 0 Å². The second-order valence-electron chi connectivity index (χ2n) is 6.22. The number of ether oxygens (including phenoxy) is 3. The average molecular weight is 384 g/mol. The summed E-state index contributed by atoms with van der Waals surface area (Å²) in [5.74, 6) is 0.0917. The van der Waals surface area contributed by atoms with Gasteiger partial charge in [-0.2, -0.15) is 0 Å². The first kappa shape index (κ1) is 19.2. The predicted octanol–water partition coefficient (Wildman–Crippen LogP) is 2.87. The molecule has 0 spiro atoms. The Labute approximate surface area is 161 Å². The fourth-order valence-electron chi connectivity index (χ4n) is 2.68. The van der Waals surface area contributed by atoms with Crippen molar-refractivity contribution in [2.45, 2.75) is 26.5 Å². The zero-order valence-electron chi connectivity index (χ0n) is 15.5. The molecule has 2 amide bonds. The number of carbonyl (C=O) groups excluding carboxylic acids is 3. The van der Waals surface area contributed by atoms with Gasteiger partial charge in [0.1, 0.15) is 6.61 Å². The van der Waals surface area contributed by atoms with Gasteiger partial charge in [-0.25, -0.2) is 4.79 Å².